The molecule has 1 N–H and O–H groups in total. The third-order valence-corrected chi connectivity index (χ3v) is 6.16. The number of hydrogen-bond acceptors (Lipinski definition) is 4. The lowest BCUT2D eigenvalue weighted by Gasteiger charge is -2.20. The Morgan fingerprint density at radius 1 is 1.17 bits per heavy atom. The minimum absolute atomic E-state index is 0.00759. The van der Waals surface area contributed by atoms with E-state index in [2.05, 4.69) is 16.9 Å². The summed E-state index contributed by atoms with van der Waals surface area (Å²) in [5, 5.41) is 4.22. The van der Waals surface area contributed by atoms with Crippen molar-refractivity contribution in [3.05, 3.63) is 52.9 Å². The number of rotatable bonds is 5. The van der Waals surface area contributed by atoms with Gasteiger partial charge in [-0.2, -0.15) is 0 Å². The van der Waals surface area contributed by atoms with Crippen LogP contribution in [0.25, 0.3) is 11.1 Å². The number of halogens is 2. The van der Waals surface area contributed by atoms with Crippen molar-refractivity contribution < 1.29 is 4.79 Å². The lowest BCUT2D eigenvalue weighted by molar-refractivity contribution is -0.119. The summed E-state index contributed by atoms with van der Waals surface area (Å²) in [4.78, 5) is 20.9. The first-order chi connectivity index (χ1) is 13.9. The second-order valence-electron chi connectivity index (χ2n) is 7.74. The summed E-state index contributed by atoms with van der Waals surface area (Å²) in [6, 6.07) is 7.43. The molecule has 0 radical (unpaired) electrons. The number of pyridine rings is 1. The Morgan fingerprint density at radius 3 is 2.55 bits per heavy atom. The Balaban J connectivity index is 1.52. The fourth-order valence-electron chi connectivity index (χ4n) is 4.06. The Labute approximate surface area is 181 Å². The molecule has 1 aliphatic carbocycles. The van der Waals surface area contributed by atoms with E-state index in [0.717, 1.165) is 35.0 Å². The fraction of sp³-hybridized carbons (Fsp3) is 0.364. The Kier molecular flexibility index (Phi) is 5.70. The molecule has 0 bridgehead atoms. The van der Waals surface area contributed by atoms with Crippen LogP contribution in [-0.2, 0) is 4.79 Å². The van der Waals surface area contributed by atoms with E-state index < -0.39 is 0 Å². The lowest BCUT2D eigenvalue weighted by atomic mass is 10.1. The first-order valence-electron chi connectivity index (χ1n) is 9.86. The van der Waals surface area contributed by atoms with Gasteiger partial charge in [-0.25, -0.2) is 4.98 Å². The highest BCUT2D eigenvalue weighted by Crippen LogP contribution is 2.40. The van der Waals surface area contributed by atoms with Crippen molar-refractivity contribution in [1.29, 1.82) is 0 Å². The van der Waals surface area contributed by atoms with Gasteiger partial charge in [-0.3, -0.25) is 4.79 Å². The molecule has 7 heteroatoms. The average Bonchev–Trinajstić information content (AvgIpc) is 3.29. The number of carbonyl (C=O) groups is 1. The molecule has 1 aromatic heterocycles. The minimum Gasteiger partial charge on any atom is -0.354 e. The number of nitrogens with zero attached hydrogens (tertiary/aromatic N) is 3. The van der Waals surface area contributed by atoms with Gasteiger partial charge in [0.15, 0.2) is 5.82 Å². The molecule has 152 valence electrons. The summed E-state index contributed by atoms with van der Waals surface area (Å²) in [5.41, 5.74) is 2.69. The van der Waals surface area contributed by atoms with Crippen molar-refractivity contribution in [3.8, 4) is 11.1 Å². The molecule has 29 heavy (non-hydrogen) atoms. The van der Waals surface area contributed by atoms with Crippen molar-refractivity contribution in [1.82, 2.24) is 10.3 Å². The zero-order valence-corrected chi connectivity index (χ0v) is 17.9. The standard InChI is InChI=1S/C22H24Cl2N4O/c1-14-27(2)20-9-17(16-7-18(23)10-19(24)8-16)12-26-22(20)28(14)13-21(29)25-11-15-5-3-4-6-15/h7-10,12,15H,1,3-6,11,13H2,2H3,(H,25,29). The van der Waals surface area contributed by atoms with Crippen molar-refractivity contribution in [2.75, 3.05) is 29.9 Å². The van der Waals surface area contributed by atoms with Crippen LogP contribution in [0.3, 0.4) is 0 Å². The summed E-state index contributed by atoms with van der Waals surface area (Å²) in [5.74, 6) is 2.06. The van der Waals surface area contributed by atoms with E-state index in [1.165, 1.54) is 25.7 Å². The van der Waals surface area contributed by atoms with Crippen LogP contribution >= 0.6 is 23.2 Å². The molecule has 0 spiro atoms. The van der Waals surface area contributed by atoms with Crippen LogP contribution in [0.5, 0.6) is 0 Å². The first kappa shape index (κ1) is 20.0. The molecule has 4 rings (SSSR count). The van der Waals surface area contributed by atoms with Crippen LogP contribution in [0.15, 0.2) is 42.9 Å². The maximum atomic E-state index is 12.5. The number of anilines is 2. The third kappa shape index (κ3) is 4.21. The van der Waals surface area contributed by atoms with Gasteiger partial charge in [0.25, 0.3) is 0 Å². The van der Waals surface area contributed by atoms with Crippen LogP contribution in [0.2, 0.25) is 10.0 Å². The minimum atomic E-state index is -0.00759. The van der Waals surface area contributed by atoms with Gasteiger partial charge < -0.3 is 15.1 Å². The lowest BCUT2D eigenvalue weighted by Crippen LogP contribution is -2.39. The van der Waals surface area contributed by atoms with Crippen LogP contribution in [0.1, 0.15) is 25.7 Å². The molecule has 1 amide bonds. The van der Waals surface area contributed by atoms with E-state index in [9.17, 15) is 4.79 Å². The summed E-state index contributed by atoms with van der Waals surface area (Å²) < 4.78 is 0. The number of carbonyl (C=O) groups excluding carboxylic acids is 1. The van der Waals surface area contributed by atoms with Crippen LogP contribution in [0.4, 0.5) is 11.5 Å². The Hall–Kier alpha value is -2.24. The number of nitrogens with one attached hydrogen (secondary N) is 1. The summed E-state index contributed by atoms with van der Waals surface area (Å²) >= 11 is 12.3. The number of aromatic nitrogens is 1. The van der Waals surface area contributed by atoms with Crippen LogP contribution in [0, 0.1) is 5.92 Å². The number of amides is 1. The van der Waals surface area contributed by atoms with E-state index in [0.29, 0.717) is 16.0 Å². The van der Waals surface area contributed by atoms with Crippen molar-refractivity contribution >= 4 is 40.6 Å². The van der Waals surface area contributed by atoms with Gasteiger partial charge in [0.2, 0.25) is 5.91 Å². The second kappa shape index (κ2) is 8.25. The van der Waals surface area contributed by atoms with Crippen molar-refractivity contribution in [2.24, 2.45) is 5.92 Å². The largest absolute Gasteiger partial charge is 0.354 e. The monoisotopic (exact) mass is 430 g/mol. The quantitative estimate of drug-likeness (QED) is 0.717. The number of hydrogen-bond donors (Lipinski definition) is 1. The molecule has 1 saturated carbocycles. The molecule has 1 fully saturated rings. The summed E-state index contributed by atoms with van der Waals surface area (Å²) in [6.45, 7) is 5.10. The highest BCUT2D eigenvalue weighted by atomic mass is 35.5. The van der Waals surface area contributed by atoms with Gasteiger partial charge in [0.1, 0.15) is 12.4 Å². The Morgan fingerprint density at radius 2 is 1.86 bits per heavy atom. The van der Waals surface area contributed by atoms with Crippen molar-refractivity contribution in [3.63, 3.8) is 0 Å². The van der Waals surface area contributed by atoms with E-state index in [1.54, 1.807) is 12.3 Å². The van der Waals surface area contributed by atoms with Gasteiger partial charge in [0.05, 0.1) is 5.69 Å². The smallest absolute Gasteiger partial charge is 0.240 e. The van der Waals surface area contributed by atoms with E-state index in [4.69, 9.17) is 23.2 Å². The Bertz CT molecular complexity index is 936. The summed E-state index contributed by atoms with van der Waals surface area (Å²) in [6.07, 6.45) is 6.73. The SMILES string of the molecule is C=C1N(C)c2cc(-c3cc(Cl)cc(Cl)c3)cnc2N1CC(=O)NCC1CCCC1. The van der Waals surface area contributed by atoms with Gasteiger partial charge in [-0.05, 0) is 48.6 Å². The molecule has 5 nitrogen and oxygen atoms in total. The molecule has 0 unspecified atom stereocenters. The zero-order valence-electron chi connectivity index (χ0n) is 16.4. The molecular formula is C22H24Cl2N4O. The first-order valence-corrected chi connectivity index (χ1v) is 10.6. The van der Waals surface area contributed by atoms with E-state index in [-0.39, 0.29) is 12.5 Å². The van der Waals surface area contributed by atoms with Gasteiger partial charge >= 0.3 is 0 Å². The predicted molar refractivity (Wildman–Crippen MR) is 120 cm³/mol. The highest BCUT2D eigenvalue weighted by molar-refractivity contribution is 6.35. The van der Waals surface area contributed by atoms with E-state index in [1.807, 2.05) is 35.0 Å². The number of benzene rings is 1. The number of fused-ring (bicyclic) bond motifs is 1. The third-order valence-electron chi connectivity index (χ3n) is 5.72. The molecule has 1 aliphatic heterocycles. The van der Waals surface area contributed by atoms with Gasteiger partial charge in [0, 0.05) is 35.4 Å². The topological polar surface area (TPSA) is 48.5 Å². The molecule has 0 saturated heterocycles. The molecule has 2 aromatic rings. The second-order valence-corrected chi connectivity index (χ2v) is 8.61. The average molecular weight is 431 g/mol. The van der Waals surface area contributed by atoms with E-state index >= 15 is 0 Å². The predicted octanol–water partition coefficient (Wildman–Crippen LogP) is 5.09. The van der Waals surface area contributed by atoms with Crippen LogP contribution < -0.4 is 15.1 Å². The van der Waals surface area contributed by atoms with Gasteiger partial charge in [-0.15, -0.1) is 0 Å². The maximum absolute atomic E-state index is 12.5. The molecule has 1 aromatic carbocycles. The fourth-order valence-corrected chi connectivity index (χ4v) is 4.59. The van der Waals surface area contributed by atoms with Gasteiger partial charge in [-0.1, -0.05) is 42.6 Å². The molecule has 0 atom stereocenters. The highest BCUT2D eigenvalue weighted by Gasteiger charge is 2.31. The normalized spacial score (nSPS) is 16.4. The molecule has 2 aliphatic rings. The maximum Gasteiger partial charge on any atom is 0.240 e. The molecular weight excluding hydrogens is 407 g/mol. The van der Waals surface area contributed by atoms with Crippen molar-refractivity contribution in [2.45, 2.75) is 25.7 Å². The molecule has 2 heterocycles. The van der Waals surface area contributed by atoms with Crippen LogP contribution in [-0.4, -0.2) is 31.0 Å². The summed E-state index contributed by atoms with van der Waals surface area (Å²) in [7, 11) is 1.92. The zero-order chi connectivity index (χ0) is 20.5.